The van der Waals surface area contributed by atoms with Gasteiger partial charge in [0.05, 0.1) is 11.7 Å². The molecule has 1 aliphatic heterocycles. The normalized spacial score (nSPS) is 29.6. The van der Waals surface area contributed by atoms with Gasteiger partial charge in [0.25, 0.3) is 0 Å². The quantitative estimate of drug-likeness (QED) is 0.854. The number of nitrogens with zero attached hydrogens (tertiary/aromatic N) is 1. The summed E-state index contributed by atoms with van der Waals surface area (Å²) in [6.07, 6.45) is 3.36. The van der Waals surface area contributed by atoms with Crippen LogP contribution in [0.2, 0.25) is 0 Å². The Kier molecular flexibility index (Phi) is 5.41. The van der Waals surface area contributed by atoms with Gasteiger partial charge in [0.15, 0.2) is 0 Å². The fourth-order valence-corrected chi connectivity index (χ4v) is 4.33. The minimum atomic E-state index is -0.936. The molecule has 1 N–H and O–H groups in total. The zero-order chi connectivity index (χ0) is 18.0. The predicted molar refractivity (Wildman–Crippen MR) is 90.9 cm³/mol. The second-order valence-electron chi connectivity index (χ2n) is 7.19. The molecule has 1 aromatic rings. The highest BCUT2D eigenvalue weighted by molar-refractivity contribution is 5.68. The highest BCUT2D eigenvalue weighted by atomic mass is 19.1. The van der Waals surface area contributed by atoms with Crippen LogP contribution in [0, 0.1) is 12.7 Å². The van der Waals surface area contributed by atoms with Gasteiger partial charge in [-0.05, 0) is 49.8 Å². The SMILES string of the molecule is CO[C@@]12CC[C@@H](OCC(=O)O)C[C@@H]1N(Cc1ccc(F)c(C)c1)CC2. The number of carboxylic acid groups (broad SMARTS) is 1. The molecule has 3 atom stereocenters. The second-order valence-corrected chi connectivity index (χ2v) is 7.19. The molecule has 5 nitrogen and oxygen atoms in total. The lowest BCUT2D eigenvalue weighted by Gasteiger charge is -2.43. The average Bonchev–Trinajstić information content (AvgIpc) is 2.95. The van der Waals surface area contributed by atoms with E-state index in [0.717, 1.165) is 44.3 Å². The van der Waals surface area contributed by atoms with Crippen molar-refractivity contribution in [2.75, 3.05) is 20.3 Å². The van der Waals surface area contributed by atoms with Crippen molar-refractivity contribution in [2.45, 2.75) is 56.9 Å². The minimum absolute atomic E-state index is 0.0556. The van der Waals surface area contributed by atoms with Crippen molar-refractivity contribution in [2.24, 2.45) is 0 Å². The number of carboxylic acids is 1. The van der Waals surface area contributed by atoms with Crippen LogP contribution in [0.15, 0.2) is 18.2 Å². The van der Waals surface area contributed by atoms with Crippen molar-refractivity contribution in [3.8, 4) is 0 Å². The van der Waals surface area contributed by atoms with Crippen LogP contribution in [0.3, 0.4) is 0 Å². The van der Waals surface area contributed by atoms with Gasteiger partial charge >= 0.3 is 5.97 Å². The first-order chi connectivity index (χ1) is 11.9. The Bertz CT molecular complexity index is 638. The number of aryl methyl sites for hydroxylation is 1. The summed E-state index contributed by atoms with van der Waals surface area (Å²) < 4.78 is 25.0. The van der Waals surface area contributed by atoms with E-state index in [2.05, 4.69) is 4.90 Å². The van der Waals surface area contributed by atoms with E-state index in [9.17, 15) is 9.18 Å². The van der Waals surface area contributed by atoms with E-state index < -0.39 is 5.97 Å². The highest BCUT2D eigenvalue weighted by Crippen LogP contribution is 2.43. The standard InChI is InChI=1S/C19H26FNO4/c1-13-9-14(3-4-16(13)20)11-21-8-7-19(24-2)6-5-15(10-17(19)21)25-12-18(22)23/h3-4,9,15,17H,5-8,10-12H2,1-2H3,(H,22,23)/t15-,17+,19-/m1/s1. The summed E-state index contributed by atoms with van der Waals surface area (Å²) in [5.74, 6) is -1.12. The summed E-state index contributed by atoms with van der Waals surface area (Å²) >= 11 is 0. The molecular weight excluding hydrogens is 325 g/mol. The monoisotopic (exact) mass is 351 g/mol. The van der Waals surface area contributed by atoms with Crippen molar-refractivity contribution in [3.63, 3.8) is 0 Å². The summed E-state index contributed by atoms with van der Waals surface area (Å²) in [6.45, 7) is 3.18. The Labute approximate surface area is 147 Å². The third-order valence-electron chi connectivity index (χ3n) is 5.70. The number of ether oxygens (including phenoxy) is 2. The Morgan fingerprint density at radius 2 is 2.24 bits per heavy atom. The number of fused-ring (bicyclic) bond motifs is 1. The molecular formula is C19H26FNO4. The lowest BCUT2D eigenvalue weighted by atomic mass is 9.79. The van der Waals surface area contributed by atoms with Gasteiger partial charge in [0.2, 0.25) is 0 Å². The number of rotatable bonds is 6. The first kappa shape index (κ1) is 18.3. The third-order valence-corrected chi connectivity index (χ3v) is 5.70. The van der Waals surface area contributed by atoms with Gasteiger partial charge in [-0.25, -0.2) is 9.18 Å². The molecule has 138 valence electrons. The van der Waals surface area contributed by atoms with E-state index in [1.165, 1.54) is 6.07 Å². The molecule has 1 aliphatic carbocycles. The lowest BCUT2D eigenvalue weighted by molar-refractivity contribution is -0.148. The van der Waals surface area contributed by atoms with E-state index in [-0.39, 0.29) is 30.2 Å². The molecule has 0 unspecified atom stereocenters. The lowest BCUT2D eigenvalue weighted by Crippen LogP contribution is -2.51. The summed E-state index contributed by atoms with van der Waals surface area (Å²) in [5.41, 5.74) is 1.55. The van der Waals surface area contributed by atoms with Crippen molar-refractivity contribution >= 4 is 5.97 Å². The van der Waals surface area contributed by atoms with Crippen molar-refractivity contribution < 1.29 is 23.8 Å². The number of hydrogen-bond acceptors (Lipinski definition) is 4. The number of methoxy groups -OCH3 is 1. The maximum atomic E-state index is 13.5. The Hall–Kier alpha value is -1.50. The smallest absolute Gasteiger partial charge is 0.329 e. The van der Waals surface area contributed by atoms with E-state index in [4.69, 9.17) is 14.6 Å². The van der Waals surface area contributed by atoms with Crippen LogP contribution in [0.25, 0.3) is 0 Å². The largest absolute Gasteiger partial charge is 0.480 e. The van der Waals surface area contributed by atoms with E-state index in [1.807, 2.05) is 12.1 Å². The number of carbonyl (C=O) groups is 1. The summed E-state index contributed by atoms with van der Waals surface area (Å²) in [7, 11) is 1.76. The van der Waals surface area contributed by atoms with Gasteiger partial charge in [-0.2, -0.15) is 0 Å². The van der Waals surface area contributed by atoms with Crippen LogP contribution in [-0.2, 0) is 20.8 Å². The minimum Gasteiger partial charge on any atom is -0.480 e. The van der Waals surface area contributed by atoms with Gasteiger partial charge in [0.1, 0.15) is 12.4 Å². The zero-order valence-corrected chi connectivity index (χ0v) is 14.8. The molecule has 1 saturated carbocycles. The summed E-state index contributed by atoms with van der Waals surface area (Å²) in [4.78, 5) is 13.1. The fraction of sp³-hybridized carbons (Fsp3) is 0.632. The molecule has 0 aromatic heterocycles. The van der Waals surface area contributed by atoms with Crippen LogP contribution in [-0.4, -0.2) is 54.0 Å². The first-order valence-electron chi connectivity index (χ1n) is 8.81. The molecule has 0 bridgehead atoms. The maximum Gasteiger partial charge on any atom is 0.329 e. The van der Waals surface area contributed by atoms with Crippen molar-refractivity contribution in [1.29, 1.82) is 0 Å². The molecule has 1 aromatic carbocycles. The fourth-order valence-electron chi connectivity index (χ4n) is 4.33. The Balaban J connectivity index is 1.71. The Morgan fingerprint density at radius 3 is 2.92 bits per heavy atom. The van der Waals surface area contributed by atoms with Crippen LogP contribution < -0.4 is 0 Å². The highest BCUT2D eigenvalue weighted by Gasteiger charge is 2.51. The van der Waals surface area contributed by atoms with Gasteiger partial charge in [0, 0.05) is 26.2 Å². The van der Waals surface area contributed by atoms with Crippen molar-refractivity contribution in [1.82, 2.24) is 4.90 Å². The van der Waals surface area contributed by atoms with Gasteiger partial charge in [-0.15, -0.1) is 0 Å². The number of likely N-dealkylation sites (tertiary alicyclic amines) is 1. The molecule has 3 rings (SSSR count). The van der Waals surface area contributed by atoms with Crippen LogP contribution >= 0.6 is 0 Å². The summed E-state index contributed by atoms with van der Waals surface area (Å²) in [5, 5.41) is 8.83. The number of benzene rings is 1. The molecule has 0 spiro atoms. The number of aliphatic carboxylic acids is 1. The molecule has 25 heavy (non-hydrogen) atoms. The zero-order valence-electron chi connectivity index (χ0n) is 14.8. The van der Waals surface area contributed by atoms with Crippen molar-refractivity contribution in [3.05, 3.63) is 35.1 Å². The van der Waals surface area contributed by atoms with Crippen LogP contribution in [0.4, 0.5) is 4.39 Å². The molecule has 0 radical (unpaired) electrons. The molecule has 6 heteroatoms. The van der Waals surface area contributed by atoms with E-state index in [0.29, 0.717) is 5.56 Å². The van der Waals surface area contributed by atoms with E-state index >= 15 is 0 Å². The van der Waals surface area contributed by atoms with Gasteiger partial charge < -0.3 is 14.6 Å². The Morgan fingerprint density at radius 1 is 1.44 bits per heavy atom. The molecule has 1 saturated heterocycles. The molecule has 2 fully saturated rings. The van der Waals surface area contributed by atoms with Crippen LogP contribution in [0.1, 0.15) is 36.8 Å². The van der Waals surface area contributed by atoms with Gasteiger partial charge in [-0.3, -0.25) is 4.90 Å². The maximum absolute atomic E-state index is 13.5. The topological polar surface area (TPSA) is 59.0 Å². The second kappa shape index (κ2) is 7.40. The number of hydrogen-bond donors (Lipinski definition) is 1. The number of halogens is 1. The van der Waals surface area contributed by atoms with Gasteiger partial charge in [-0.1, -0.05) is 12.1 Å². The van der Waals surface area contributed by atoms with Crippen LogP contribution in [0.5, 0.6) is 0 Å². The molecule has 0 amide bonds. The summed E-state index contributed by atoms with van der Waals surface area (Å²) in [6, 6.07) is 5.43. The van der Waals surface area contributed by atoms with E-state index in [1.54, 1.807) is 14.0 Å². The third kappa shape index (κ3) is 3.86. The average molecular weight is 351 g/mol. The first-order valence-corrected chi connectivity index (χ1v) is 8.81. The predicted octanol–water partition coefficient (Wildman–Crippen LogP) is 2.75. The molecule has 1 heterocycles. The molecule has 2 aliphatic rings.